The van der Waals surface area contributed by atoms with Gasteiger partial charge in [-0.3, -0.25) is 14.4 Å². The van der Waals surface area contributed by atoms with Gasteiger partial charge in [-0.15, -0.1) is 0 Å². The number of ether oxygens (including phenoxy) is 1. The Kier molecular flexibility index (Phi) is 7.55. The maximum atomic E-state index is 14.6. The molecule has 218 valence electrons. The molecule has 2 bridgehead atoms. The van der Waals surface area contributed by atoms with Crippen LogP contribution in [0.1, 0.15) is 31.7 Å². The second-order valence-corrected chi connectivity index (χ2v) is 11.8. The number of carbonyl (C=O) groups is 3. The lowest BCUT2D eigenvalue weighted by Crippen LogP contribution is -2.57. The molecule has 3 amide bonds. The van der Waals surface area contributed by atoms with Gasteiger partial charge in [0.25, 0.3) is 0 Å². The van der Waals surface area contributed by atoms with Crippen LogP contribution in [0.3, 0.4) is 0 Å². The van der Waals surface area contributed by atoms with Crippen molar-refractivity contribution < 1.29 is 24.2 Å². The highest BCUT2D eigenvalue weighted by atomic mass is 35.5. The fraction of sp³-hybridized carbons (Fsp3) is 0.364. The predicted molar refractivity (Wildman–Crippen MR) is 160 cm³/mol. The predicted octanol–water partition coefficient (Wildman–Crippen LogP) is 4.68. The number of aliphatic hydroxyl groups is 1. The van der Waals surface area contributed by atoms with Crippen LogP contribution in [0.15, 0.2) is 84.9 Å². The molecule has 3 heterocycles. The SMILES string of the molecule is CC[C@@]12CCC3(O1)C(C(=O)Nc1ccccc1Cl)N([C@@H](CO)Cc1ccccc1)C(=O)[C@@H]3[C@@H]2C(=O)Nc1ccccc1. The van der Waals surface area contributed by atoms with E-state index in [9.17, 15) is 19.5 Å². The smallest absolute Gasteiger partial charge is 0.250 e. The number of nitrogens with zero attached hydrogens (tertiary/aromatic N) is 1. The summed E-state index contributed by atoms with van der Waals surface area (Å²) in [7, 11) is 0. The maximum Gasteiger partial charge on any atom is 0.250 e. The number of hydrogen-bond donors (Lipinski definition) is 3. The van der Waals surface area contributed by atoms with Crippen molar-refractivity contribution in [2.45, 2.75) is 55.9 Å². The first-order valence-electron chi connectivity index (χ1n) is 14.4. The number of hydrogen-bond acceptors (Lipinski definition) is 5. The molecule has 42 heavy (non-hydrogen) atoms. The number of aliphatic hydroxyl groups excluding tert-OH is 1. The highest BCUT2D eigenvalue weighted by molar-refractivity contribution is 6.33. The van der Waals surface area contributed by atoms with Gasteiger partial charge >= 0.3 is 0 Å². The largest absolute Gasteiger partial charge is 0.394 e. The van der Waals surface area contributed by atoms with Crippen LogP contribution in [0.5, 0.6) is 0 Å². The third-order valence-corrected chi connectivity index (χ3v) is 9.57. The van der Waals surface area contributed by atoms with Crippen molar-refractivity contribution in [3.05, 3.63) is 95.5 Å². The van der Waals surface area contributed by atoms with Crippen LogP contribution >= 0.6 is 11.6 Å². The second kappa shape index (κ2) is 11.2. The minimum absolute atomic E-state index is 0.307. The first-order chi connectivity index (χ1) is 20.3. The molecule has 3 aliphatic heterocycles. The van der Waals surface area contributed by atoms with E-state index in [1.807, 2.05) is 55.5 Å². The fourth-order valence-electron chi connectivity index (χ4n) is 7.39. The summed E-state index contributed by atoms with van der Waals surface area (Å²) in [6.07, 6.45) is 1.82. The topological polar surface area (TPSA) is 108 Å². The Labute approximate surface area is 250 Å². The van der Waals surface area contributed by atoms with E-state index in [1.54, 1.807) is 36.4 Å². The number of fused-ring (bicyclic) bond motifs is 1. The van der Waals surface area contributed by atoms with Crippen molar-refractivity contribution in [3.63, 3.8) is 0 Å². The van der Waals surface area contributed by atoms with Crippen molar-refractivity contribution in [1.29, 1.82) is 0 Å². The number of benzene rings is 3. The van der Waals surface area contributed by atoms with Crippen LogP contribution in [0.2, 0.25) is 5.02 Å². The third-order valence-electron chi connectivity index (χ3n) is 9.24. The molecule has 6 rings (SSSR count). The van der Waals surface area contributed by atoms with Crippen LogP contribution < -0.4 is 10.6 Å². The molecule has 0 radical (unpaired) electrons. The van der Waals surface area contributed by atoms with E-state index in [0.717, 1.165) is 5.56 Å². The van der Waals surface area contributed by atoms with Crippen molar-refractivity contribution in [2.24, 2.45) is 11.8 Å². The van der Waals surface area contributed by atoms with Gasteiger partial charge < -0.3 is 25.4 Å². The number of rotatable bonds is 9. The zero-order chi connectivity index (χ0) is 29.5. The molecule has 3 aromatic rings. The van der Waals surface area contributed by atoms with Crippen molar-refractivity contribution in [2.75, 3.05) is 17.2 Å². The number of carbonyl (C=O) groups excluding carboxylic acids is 3. The Morgan fingerprint density at radius 1 is 0.976 bits per heavy atom. The first kappa shape index (κ1) is 28.4. The molecular formula is C33H34ClN3O5. The molecule has 0 aromatic heterocycles. The Bertz CT molecular complexity index is 1490. The first-order valence-corrected chi connectivity index (χ1v) is 14.8. The average molecular weight is 588 g/mol. The van der Waals surface area contributed by atoms with E-state index < -0.39 is 41.0 Å². The van der Waals surface area contributed by atoms with Crippen molar-refractivity contribution in [1.82, 2.24) is 4.90 Å². The molecule has 3 fully saturated rings. The molecule has 3 saturated heterocycles. The zero-order valence-electron chi connectivity index (χ0n) is 23.3. The van der Waals surface area contributed by atoms with E-state index >= 15 is 0 Å². The number of nitrogens with one attached hydrogen (secondary N) is 2. The van der Waals surface area contributed by atoms with Gasteiger partial charge in [-0.1, -0.05) is 79.2 Å². The normalized spacial score (nSPS) is 28.4. The number of para-hydroxylation sites is 2. The third kappa shape index (κ3) is 4.58. The number of likely N-dealkylation sites (tertiary alicyclic amines) is 1. The minimum atomic E-state index is -1.23. The molecule has 0 saturated carbocycles. The molecule has 6 atom stereocenters. The summed E-state index contributed by atoms with van der Waals surface area (Å²) in [5.41, 5.74) is -0.170. The summed E-state index contributed by atoms with van der Waals surface area (Å²) in [5.74, 6) is -2.81. The zero-order valence-corrected chi connectivity index (χ0v) is 24.1. The van der Waals surface area contributed by atoms with Crippen LogP contribution in [-0.2, 0) is 25.5 Å². The standard InChI is InChI=1S/C33H34ClN3O5/c1-2-32-17-18-33(42-32)27(26(32)29(39)35-22-13-7-4-8-14-22)31(41)37(23(20-38)19-21-11-5-3-6-12-21)28(33)30(40)36-25-16-10-9-15-24(25)34/h3-16,23,26-28,38H,2,17-20H2,1H3,(H,35,39)(H,36,40)/t23-,26-,27+,28?,32+,33?/m1/s1. The van der Waals surface area contributed by atoms with Gasteiger partial charge in [0.15, 0.2) is 0 Å². The summed E-state index contributed by atoms with van der Waals surface area (Å²) in [5, 5.41) is 16.9. The van der Waals surface area contributed by atoms with E-state index in [2.05, 4.69) is 10.6 Å². The summed E-state index contributed by atoms with van der Waals surface area (Å²) in [4.78, 5) is 44.3. The quantitative estimate of drug-likeness (QED) is 0.337. The van der Waals surface area contributed by atoms with Crippen LogP contribution in [0, 0.1) is 11.8 Å². The molecule has 3 aromatic carbocycles. The van der Waals surface area contributed by atoms with Gasteiger partial charge in [0.1, 0.15) is 11.6 Å². The molecular weight excluding hydrogens is 554 g/mol. The van der Waals surface area contributed by atoms with Crippen molar-refractivity contribution >= 4 is 40.7 Å². The monoisotopic (exact) mass is 587 g/mol. The van der Waals surface area contributed by atoms with Gasteiger partial charge in [-0.25, -0.2) is 0 Å². The molecule has 3 aliphatic rings. The van der Waals surface area contributed by atoms with E-state index in [0.29, 0.717) is 42.1 Å². The van der Waals surface area contributed by atoms with Gasteiger partial charge in [-0.05, 0) is 55.5 Å². The molecule has 0 aliphatic carbocycles. The second-order valence-electron chi connectivity index (χ2n) is 11.4. The number of anilines is 2. The number of amides is 3. The molecule has 9 heteroatoms. The summed E-state index contributed by atoms with van der Waals surface area (Å²) >= 11 is 6.39. The van der Waals surface area contributed by atoms with Crippen LogP contribution in [0.4, 0.5) is 11.4 Å². The molecule has 1 spiro atoms. The highest BCUT2D eigenvalue weighted by Crippen LogP contribution is 2.64. The summed E-state index contributed by atoms with van der Waals surface area (Å²) in [6.45, 7) is 1.59. The van der Waals surface area contributed by atoms with E-state index in [4.69, 9.17) is 16.3 Å². The minimum Gasteiger partial charge on any atom is -0.394 e. The lowest BCUT2D eigenvalue weighted by molar-refractivity contribution is -0.148. The Hall–Kier alpha value is -3.72. The molecule has 2 unspecified atom stereocenters. The summed E-state index contributed by atoms with van der Waals surface area (Å²) in [6, 6.07) is 23.8. The Morgan fingerprint density at radius 3 is 2.31 bits per heavy atom. The lowest BCUT2D eigenvalue weighted by atomic mass is 9.65. The van der Waals surface area contributed by atoms with E-state index in [-0.39, 0.29) is 18.4 Å². The Balaban J connectivity index is 1.42. The van der Waals surface area contributed by atoms with Crippen molar-refractivity contribution in [3.8, 4) is 0 Å². The van der Waals surface area contributed by atoms with Gasteiger partial charge in [0, 0.05) is 5.69 Å². The number of halogens is 1. The fourth-order valence-corrected chi connectivity index (χ4v) is 7.57. The highest BCUT2D eigenvalue weighted by Gasteiger charge is 2.79. The average Bonchev–Trinajstić information content (AvgIpc) is 3.61. The van der Waals surface area contributed by atoms with Gasteiger partial charge in [0.05, 0.1) is 40.8 Å². The van der Waals surface area contributed by atoms with Gasteiger partial charge in [-0.2, -0.15) is 0 Å². The molecule has 8 nitrogen and oxygen atoms in total. The van der Waals surface area contributed by atoms with Crippen LogP contribution in [0.25, 0.3) is 0 Å². The summed E-state index contributed by atoms with van der Waals surface area (Å²) < 4.78 is 6.84. The maximum absolute atomic E-state index is 14.6. The van der Waals surface area contributed by atoms with E-state index in [1.165, 1.54) is 4.90 Å². The molecule has 3 N–H and O–H groups in total. The van der Waals surface area contributed by atoms with Crippen LogP contribution in [-0.4, -0.2) is 57.6 Å². The van der Waals surface area contributed by atoms with Gasteiger partial charge in [0.2, 0.25) is 17.7 Å². The Morgan fingerprint density at radius 2 is 1.64 bits per heavy atom. The lowest BCUT2D eigenvalue weighted by Gasteiger charge is -2.37.